The van der Waals surface area contributed by atoms with E-state index in [4.69, 9.17) is 4.98 Å². The number of anilines is 2. The fourth-order valence-corrected chi connectivity index (χ4v) is 4.63. The number of carbonyl (C=O) groups excluding carboxylic acids is 1. The van der Waals surface area contributed by atoms with Crippen LogP contribution >= 0.6 is 0 Å². The van der Waals surface area contributed by atoms with Gasteiger partial charge in [-0.25, -0.2) is 4.98 Å². The zero-order chi connectivity index (χ0) is 21.2. The summed E-state index contributed by atoms with van der Waals surface area (Å²) in [6, 6.07) is 8.23. The molecular formula is C25H37N3O. The van der Waals surface area contributed by atoms with Gasteiger partial charge in [-0.3, -0.25) is 4.79 Å². The van der Waals surface area contributed by atoms with Crippen LogP contribution in [0.25, 0.3) is 10.9 Å². The quantitative estimate of drug-likeness (QED) is 0.657. The fraction of sp³-hybridized carbons (Fsp3) is 0.600. The molecule has 0 saturated heterocycles. The molecule has 4 nitrogen and oxygen atoms in total. The summed E-state index contributed by atoms with van der Waals surface area (Å²) in [7, 11) is 0. The summed E-state index contributed by atoms with van der Waals surface area (Å²) in [6.07, 6.45) is 4.29. The highest BCUT2D eigenvalue weighted by Gasteiger charge is 2.32. The predicted octanol–water partition coefficient (Wildman–Crippen LogP) is 6.18. The van der Waals surface area contributed by atoms with E-state index in [1.807, 2.05) is 12.1 Å². The Kier molecular flexibility index (Phi) is 6.50. The SMILES string of the molecule is CCN(CC)c1cc(C)c2cc(NC(=O)C3CCC(C(C)(C)C)CC3)ccc2n1. The lowest BCUT2D eigenvalue weighted by Crippen LogP contribution is -2.31. The maximum atomic E-state index is 12.8. The Morgan fingerprint density at radius 2 is 1.76 bits per heavy atom. The Bertz CT molecular complexity index is 856. The molecule has 158 valence electrons. The van der Waals surface area contributed by atoms with Crippen LogP contribution in [-0.2, 0) is 4.79 Å². The van der Waals surface area contributed by atoms with Crippen molar-refractivity contribution in [3.05, 3.63) is 29.8 Å². The minimum absolute atomic E-state index is 0.133. The molecule has 0 spiro atoms. The average molecular weight is 396 g/mol. The third kappa shape index (κ3) is 4.91. The van der Waals surface area contributed by atoms with Gasteiger partial charge < -0.3 is 10.2 Å². The highest BCUT2D eigenvalue weighted by Crippen LogP contribution is 2.40. The van der Waals surface area contributed by atoms with Gasteiger partial charge >= 0.3 is 0 Å². The van der Waals surface area contributed by atoms with E-state index in [0.29, 0.717) is 5.41 Å². The van der Waals surface area contributed by atoms with Crippen LogP contribution in [0.15, 0.2) is 24.3 Å². The molecule has 0 radical (unpaired) electrons. The maximum Gasteiger partial charge on any atom is 0.227 e. The van der Waals surface area contributed by atoms with Gasteiger partial charge in [0.05, 0.1) is 5.52 Å². The van der Waals surface area contributed by atoms with Gasteiger partial charge in [-0.1, -0.05) is 20.8 Å². The van der Waals surface area contributed by atoms with Crippen LogP contribution in [0.2, 0.25) is 0 Å². The molecule has 3 rings (SSSR count). The van der Waals surface area contributed by atoms with Crippen molar-refractivity contribution in [2.75, 3.05) is 23.3 Å². The van der Waals surface area contributed by atoms with Gasteiger partial charge in [0.25, 0.3) is 0 Å². The van der Waals surface area contributed by atoms with E-state index >= 15 is 0 Å². The summed E-state index contributed by atoms with van der Waals surface area (Å²) in [5.74, 6) is 2.05. The van der Waals surface area contributed by atoms with Gasteiger partial charge in [-0.15, -0.1) is 0 Å². The van der Waals surface area contributed by atoms with Crippen LogP contribution in [0, 0.1) is 24.2 Å². The molecule has 4 heteroatoms. The molecule has 0 unspecified atom stereocenters. The van der Waals surface area contributed by atoms with Crippen molar-refractivity contribution < 1.29 is 4.79 Å². The molecule has 0 bridgehead atoms. The second-order valence-electron chi connectivity index (χ2n) is 9.61. The molecule has 1 amide bonds. The standard InChI is InChI=1S/C25H37N3O/c1-7-28(8-2)23-15-17(3)21-16-20(13-14-22(21)27-23)26-24(29)18-9-11-19(12-10-18)25(4,5)6/h13-16,18-19H,7-12H2,1-6H3,(H,26,29). The first kappa shape index (κ1) is 21.6. The number of fused-ring (bicyclic) bond motifs is 1. The van der Waals surface area contributed by atoms with Crippen LogP contribution < -0.4 is 10.2 Å². The molecule has 1 N–H and O–H groups in total. The number of benzene rings is 1. The van der Waals surface area contributed by atoms with E-state index < -0.39 is 0 Å². The summed E-state index contributed by atoms with van der Waals surface area (Å²) in [5.41, 5.74) is 3.39. The average Bonchev–Trinajstić information content (AvgIpc) is 2.69. The van der Waals surface area contributed by atoms with Crippen molar-refractivity contribution in [3.8, 4) is 0 Å². The molecule has 29 heavy (non-hydrogen) atoms. The number of hydrogen-bond donors (Lipinski definition) is 1. The van der Waals surface area contributed by atoms with Gasteiger partial charge in [-0.05, 0) is 87.6 Å². The predicted molar refractivity (Wildman–Crippen MR) is 124 cm³/mol. The highest BCUT2D eigenvalue weighted by atomic mass is 16.1. The lowest BCUT2D eigenvalue weighted by molar-refractivity contribution is -0.121. The first-order valence-electron chi connectivity index (χ1n) is 11.2. The first-order chi connectivity index (χ1) is 13.7. The first-order valence-corrected chi connectivity index (χ1v) is 11.2. The molecule has 0 atom stereocenters. The minimum atomic E-state index is 0.133. The topological polar surface area (TPSA) is 45.2 Å². The Balaban J connectivity index is 1.72. The van der Waals surface area contributed by atoms with E-state index in [1.165, 1.54) is 5.56 Å². The third-order valence-electron chi connectivity index (χ3n) is 6.68. The zero-order valence-electron chi connectivity index (χ0n) is 19.0. The molecule has 1 aliphatic carbocycles. The molecule has 1 aromatic carbocycles. The summed E-state index contributed by atoms with van der Waals surface area (Å²) >= 11 is 0. The van der Waals surface area contributed by atoms with E-state index in [9.17, 15) is 4.79 Å². The van der Waals surface area contributed by atoms with Gasteiger partial charge in [0.2, 0.25) is 5.91 Å². The Morgan fingerprint density at radius 3 is 2.34 bits per heavy atom. The molecule has 0 aliphatic heterocycles. The molecule has 1 heterocycles. The summed E-state index contributed by atoms with van der Waals surface area (Å²) in [5, 5.41) is 4.27. The normalized spacial score (nSPS) is 19.9. The number of pyridine rings is 1. The molecular weight excluding hydrogens is 358 g/mol. The number of hydrogen-bond acceptors (Lipinski definition) is 3. The number of aromatic nitrogens is 1. The Labute approximate surface area is 176 Å². The van der Waals surface area contributed by atoms with E-state index in [1.54, 1.807) is 0 Å². The second-order valence-corrected chi connectivity index (χ2v) is 9.61. The lowest BCUT2D eigenvalue weighted by atomic mass is 9.69. The summed E-state index contributed by atoms with van der Waals surface area (Å²) in [4.78, 5) is 19.9. The number of nitrogens with zero attached hydrogens (tertiary/aromatic N) is 2. The van der Waals surface area contributed by atoms with Crippen LogP contribution in [0.4, 0.5) is 11.5 Å². The molecule has 1 fully saturated rings. The van der Waals surface area contributed by atoms with Crippen molar-refractivity contribution in [1.29, 1.82) is 0 Å². The monoisotopic (exact) mass is 395 g/mol. The maximum absolute atomic E-state index is 12.8. The van der Waals surface area contributed by atoms with Crippen LogP contribution in [0.1, 0.15) is 65.9 Å². The zero-order valence-corrected chi connectivity index (χ0v) is 19.0. The van der Waals surface area contributed by atoms with Crippen molar-refractivity contribution in [2.24, 2.45) is 17.3 Å². The molecule has 1 aromatic heterocycles. The van der Waals surface area contributed by atoms with Gasteiger partial charge in [0.1, 0.15) is 5.82 Å². The molecule has 1 saturated carbocycles. The number of aryl methyl sites for hydroxylation is 1. The highest BCUT2D eigenvalue weighted by molar-refractivity contribution is 5.96. The molecule has 1 aliphatic rings. The van der Waals surface area contributed by atoms with Gasteiger partial charge in [0.15, 0.2) is 0 Å². The van der Waals surface area contributed by atoms with E-state index in [-0.39, 0.29) is 11.8 Å². The summed E-state index contributed by atoms with van der Waals surface area (Å²) < 4.78 is 0. The number of amides is 1. The Morgan fingerprint density at radius 1 is 1.10 bits per heavy atom. The number of rotatable bonds is 5. The fourth-order valence-electron chi connectivity index (χ4n) is 4.63. The smallest absolute Gasteiger partial charge is 0.227 e. The van der Waals surface area contributed by atoms with Crippen LogP contribution in [-0.4, -0.2) is 24.0 Å². The van der Waals surface area contributed by atoms with Crippen LogP contribution in [0.3, 0.4) is 0 Å². The van der Waals surface area contributed by atoms with Crippen molar-refractivity contribution in [1.82, 2.24) is 4.98 Å². The number of carbonyl (C=O) groups is 1. The van der Waals surface area contributed by atoms with Crippen molar-refractivity contribution in [2.45, 2.75) is 67.2 Å². The summed E-state index contributed by atoms with van der Waals surface area (Å²) in [6.45, 7) is 15.3. The largest absolute Gasteiger partial charge is 0.357 e. The van der Waals surface area contributed by atoms with Gasteiger partial charge in [-0.2, -0.15) is 0 Å². The van der Waals surface area contributed by atoms with Crippen molar-refractivity contribution in [3.63, 3.8) is 0 Å². The number of nitrogens with one attached hydrogen (secondary N) is 1. The third-order valence-corrected chi connectivity index (χ3v) is 6.68. The van der Waals surface area contributed by atoms with E-state index in [0.717, 1.165) is 67.1 Å². The second kappa shape index (κ2) is 8.73. The van der Waals surface area contributed by atoms with Crippen molar-refractivity contribution >= 4 is 28.3 Å². The van der Waals surface area contributed by atoms with Crippen LogP contribution in [0.5, 0.6) is 0 Å². The minimum Gasteiger partial charge on any atom is -0.357 e. The van der Waals surface area contributed by atoms with Gasteiger partial charge in [0, 0.05) is 30.1 Å². The molecule has 2 aromatic rings. The lowest BCUT2D eigenvalue weighted by Gasteiger charge is -2.36. The van der Waals surface area contributed by atoms with E-state index in [2.05, 4.69) is 63.9 Å². The Hall–Kier alpha value is -2.10.